The molecule has 0 heterocycles. The molecule has 1 aromatic carbocycles. The van der Waals surface area contributed by atoms with E-state index in [2.05, 4.69) is 4.74 Å². The zero-order valence-electron chi connectivity index (χ0n) is 9.56. The van der Waals surface area contributed by atoms with E-state index in [1.54, 1.807) is 0 Å². The maximum atomic E-state index is 11.4. The van der Waals surface area contributed by atoms with Crippen molar-refractivity contribution in [2.45, 2.75) is 24.8 Å². The van der Waals surface area contributed by atoms with Crippen LogP contribution in [0.2, 0.25) is 0 Å². The first kappa shape index (κ1) is 11.7. The van der Waals surface area contributed by atoms with Crippen LogP contribution in [0.5, 0.6) is 11.5 Å². The first-order chi connectivity index (χ1) is 7.98. The SMILES string of the molecule is COC(=O)c1cc(C2(N)CCC2)c(O)cc1O. The summed E-state index contributed by atoms with van der Waals surface area (Å²) in [7, 11) is 1.23. The lowest BCUT2D eigenvalue weighted by atomic mass is 9.72. The number of methoxy groups -OCH3 is 1. The summed E-state index contributed by atoms with van der Waals surface area (Å²) in [5.74, 6) is -1.04. The van der Waals surface area contributed by atoms with Crippen LogP contribution < -0.4 is 5.73 Å². The van der Waals surface area contributed by atoms with Gasteiger partial charge < -0.3 is 20.7 Å². The third-order valence-electron chi connectivity index (χ3n) is 3.30. The smallest absolute Gasteiger partial charge is 0.341 e. The van der Waals surface area contributed by atoms with E-state index in [1.807, 2.05) is 0 Å². The van der Waals surface area contributed by atoms with Gasteiger partial charge in [-0.25, -0.2) is 4.79 Å². The number of carbonyl (C=O) groups excluding carboxylic acids is 1. The molecule has 0 radical (unpaired) electrons. The van der Waals surface area contributed by atoms with Gasteiger partial charge in [-0.1, -0.05) is 0 Å². The van der Waals surface area contributed by atoms with Crippen LogP contribution in [0.1, 0.15) is 35.2 Å². The first-order valence-corrected chi connectivity index (χ1v) is 5.41. The fraction of sp³-hybridized carbons (Fsp3) is 0.417. The number of phenolic OH excluding ortho intramolecular Hbond substituents is 2. The number of benzene rings is 1. The quantitative estimate of drug-likeness (QED) is 0.672. The molecule has 0 atom stereocenters. The highest BCUT2D eigenvalue weighted by Crippen LogP contribution is 2.44. The van der Waals surface area contributed by atoms with E-state index in [0.29, 0.717) is 5.56 Å². The van der Waals surface area contributed by atoms with E-state index in [-0.39, 0.29) is 17.1 Å². The number of rotatable bonds is 2. The maximum absolute atomic E-state index is 11.4. The molecule has 92 valence electrons. The van der Waals surface area contributed by atoms with E-state index in [9.17, 15) is 15.0 Å². The highest BCUT2D eigenvalue weighted by atomic mass is 16.5. The molecule has 0 amide bonds. The number of esters is 1. The second kappa shape index (κ2) is 3.92. The second-order valence-corrected chi connectivity index (χ2v) is 4.39. The summed E-state index contributed by atoms with van der Waals surface area (Å²) < 4.78 is 4.55. The number of phenols is 2. The van der Waals surface area contributed by atoms with Gasteiger partial charge >= 0.3 is 5.97 Å². The van der Waals surface area contributed by atoms with Crippen LogP contribution in [0.3, 0.4) is 0 Å². The number of hydrogen-bond acceptors (Lipinski definition) is 5. The van der Waals surface area contributed by atoms with Gasteiger partial charge in [0, 0.05) is 17.2 Å². The lowest BCUT2D eigenvalue weighted by Gasteiger charge is -2.39. The molecular weight excluding hydrogens is 222 g/mol. The van der Waals surface area contributed by atoms with Crippen molar-refractivity contribution >= 4 is 5.97 Å². The predicted molar refractivity (Wildman–Crippen MR) is 60.8 cm³/mol. The van der Waals surface area contributed by atoms with Crippen LogP contribution in [-0.2, 0) is 10.3 Å². The molecule has 1 aliphatic carbocycles. The third kappa shape index (κ3) is 1.82. The minimum atomic E-state index is -0.647. The number of nitrogens with two attached hydrogens (primary N) is 1. The fourth-order valence-electron chi connectivity index (χ4n) is 2.08. The van der Waals surface area contributed by atoms with Gasteiger partial charge in [-0.15, -0.1) is 0 Å². The predicted octanol–water partition coefficient (Wildman–Crippen LogP) is 1.22. The highest BCUT2D eigenvalue weighted by molar-refractivity contribution is 5.93. The van der Waals surface area contributed by atoms with Gasteiger partial charge in [0.05, 0.1) is 7.11 Å². The van der Waals surface area contributed by atoms with Crippen LogP contribution >= 0.6 is 0 Å². The third-order valence-corrected chi connectivity index (χ3v) is 3.30. The largest absolute Gasteiger partial charge is 0.507 e. The van der Waals surface area contributed by atoms with Crippen LogP contribution in [-0.4, -0.2) is 23.3 Å². The molecular formula is C12H15NO4. The van der Waals surface area contributed by atoms with Crippen molar-refractivity contribution in [2.75, 3.05) is 7.11 Å². The molecule has 1 aromatic rings. The molecule has 0 spiro atoms. The lowest BCUT2D eigenvalue weighted by molar-refractivity contribution is 0.0597. The summed E-state index contributed by atoms with van der Waals surface area (Å²) in [6, 6.07) is 2.55. The Bertz CT molecular complexity index is 466. The van der Waals surface area contributed by atoms with E-state index >= 15 is 0 Å². The highest BCUT2D eigenvalue weighted by Gasteiger charge is 2.37. The molecule has 1 saturated carbocycles. The summed E-state index contributed by atoms with van der Waals surface area (Å²) in [4.78, 5) is 11.4. The van der Waals surface area contributed by atoms with Crippen LogP contribution in [0.4, 0.5) is 0 Å². The Labute approximate surface area is 98.8 Å². The zero-order valence-corrected chi connectivity index (χ0v) is 9.56. The molecule has 5 nitrogen and oxygen atoms in total. The van der Waals surface area contributed by atoms with Crippen molar-refractivity contribution in [1.29, 1.82) is 0 Å². The average Bonchev–Trinajstić information content (AvgIpc) is 2.25. The summed E-state index contributed by atoms with van der Waals surface area (Å²) in [5.41, 5.74) is 6.01. The number of hydrogen-bond donors (Lipinski definition) is 3. The first-order valence-electron chi connectivity index (χ1n) is 5.41. The Kier molecular flexibility index (Phi) is 2.71. The Hall–Kier alpha value is -1.75. The molecule has 4 N–H and O–H groups in total. The maximum Gasteiger partial charge on any atom is 0.341 e. The van der Waals surface area contributed by atoms with Crippen molar-refractivity contribution in [3.63, 3.8) is 0 Å². The average molecular weight is 237 g/mol. The van der Waals surface area contributed by atoms with E-state index in [0.717, 1.165) is 25.3 Å². The second-order valence-electron chi connectivity index (χ2n) is 4.39. The molecule has 0 unspecified atom stereocenters. The van der Waals surface area contributed by atoms with Gasteiger partial charge in [-0.2, -0.15) is 0 Å². The molecule has 2 rings (SSSR count). The standard InChI is InChI=1S/C12H15NO4/c1-17-11(16)7-5-8(10(15)6-9(7)14)12(13)3-2-4-12/h5-6,14-15H,2-4,13H2,1H3. The molecule has 1 fully saturated rings. The number of ether oxygens (including phenoxy) is 1. The summed E-state index contributed by atoms with van der Waals surface area (Å²) in [6.45, 7) is 0. The van der Waals surface area contributed by atoms with Crippen LogP contribution in [0, 0.1) is 0 Å². The van der Waals surface area contributed by atoms with Gasteiger partial charge in [0.1, 0.15) is 17.1 Å². The Morgan fingerprint density at radius 3 is 2.47 bits per heavy atom. The van der Waals surface area contributed by atoms with Crippen molar-refractivity contribution in [3.8, 4) is 11.5 Å². The van der Waals surface area contributed by atoms with Crippen molar-refractivity contribution in [2.24, 2.45) is 5.73 Å². The van der Waals surface area contributed by atoms with Gasteiger partial charge in [-0.05, 0) is 25.3 Å². The summed E-state index contributed by atoms with van der Waals surface area (Å²) >= 11 is 0. The van der Waals surface area contributed by atoms with E-state index < -0.39 is 11.5 Å². The number of carbonyl (C=O) groups is 1. The molecule has 0 saturated heterocycles. The molecule has 1 aliphatic rings. The topological polar surface area (TPSA) is 92.8 Å². The summed E-state index contributed by atoms with van der Waals surface area (Å²) in [5, 5.41) is 19.4. The normalized spacial score (nSPS) is 17.3. The van der Waals surface area contributed by atoms with Crippen molar-refractivity contribution in [3.05, 3.63) is 23.3 Å². The minimum absolute atomic E-state index is 0.0250. The van der Waals surface area contributed by atoms with Crippen molar-refractivity contribution in [1.82, 2.24) is 0 Å². The van der Waals surface area contributed by atoms with Crippen molar-refractivity contribution < 1.29 is 19.7 Å². The molecule has 5 heteroatoms. The lowest BCUT2D eigenvalue weighted by Crippen LogP contribution is -2.43. The van der Waals surface area contributed by atoms with E-state index in [1.165, 1.54) is 13.2 Å². The van der Waals surface area contributed by atoms with Crippen LogP contribution in [0.25, 0.3) is 0 Å². The zero-order chi connectivity index (χ0) is 12.6. The Morgan fingerprint density at radius 2 is 2.00 bits per heavy atom. The summed E-state index contributed by atoms with van der Waals surface area (Å²) in [6.07, 6.45) is 2.50. The Balaban J connectivity index is 2.49. The molecule has 0 aliphatic heterocycles. The fourth-order valence-corrected chi connectivity index (χ4v) is 2.08. The molecule has 0 aromatic heterocycles. The molecule has 17 heavy (non-hydrogen) atoms. The molecule has 0 bridgehead atoms. The van der Waals surface area contributed by atoms with E-state index in [4.69, 9.17) is 5.73 Å². The Morgan fingerprint density at radius 1 is 1.35 bits per heavy atom. The van der Waals surface area contributed by atoms with Gasteiger partial charge in [0.15, 0.2) is 0 Å². The van der Waals surface area contributed by atoms with Crippen LogP contribution in [0.15, 0.2) is 12.1 Å². The number of aromatic hydroxyl groups is 2. The van der Waals surface area contributed by atoms with Gasteiger partial charge in [0.25, 0.3) is 0 Å². The van der Waals surface area contributed by atoms with Gasteiger partial charge in [0.2, 0.25) is 0 Å². The minimum Gasteiger partial charge on any atom is -0.507 e. The monoisotopic (exact) mass is 237 g/mol. The van der Waals surface area contributed by atoms with Gasteiger partial charge in [-0.3, -0.25) is 0 Å².